The van der Waals surface area contributed by atoms with Crippen molar-refractivity contribution in [1.82, 2.24) is 25.4 Å². The average molecular weight is 622 g/mol. The minimum atomic E-state index is -0.955. The fraction of sp³-hybridized carbons (Fsp3) is 0.306. The first kappa shape index (κ1) is 30.9. The topological polar surface area (TPSA) is 116 Å². The predicted molar refractivity (Wildman–Crippen MR) is 176 cm³/mol. The van der Waals surface area contributed by atoms with Crippen LogP contribution >= 0.6 is 0 Å². The first-order valence-corrected chi connectivity index (χ1v) is 15.5. The van der Waals surface area contributed by atoms with Crippen LogP contribution in [0.1, 0.15) is 23.1 Å². The fourth-order valence-corrected chi connectivity index (χ4v) is 6.36. The zero-order valence-electron chi connectivity index (χ0n) is 26.2. The van der Waals surface area contributed by atoms with Crippen LogP contribution in [0.4, 0.5) is 0 Å². The van der Waals surface area contributed by atoms with Gasteiger partial charge in [0, 0.05) is 48.2 Å². The van der Waals surface area contributed by atoms with E-state index in [1.165, 1.54) is 6.20 Å². The highest BCUT2D eigenvalue weighted by Gasteiger charge is 2.46. The predicted octanol–water partition coefficient (Wildman–Crippen LogP) is 3.53. The number of likely N-dealkylation sites (tertiary alicyclic amines) is 1. The lowest BCUT2D eigenvalue weighted by Gasteiger charge is -2.33. The molecule has 0 saturated carbocycles. The van der Waals surface area contributed by atoms with E-state index in [1.807, 2.05) is 79.8 Å². The number of aromatic nitrogens is 1. The number of amides is 3. The summed E-state index contributed by atoms with van der Waals surface area (Å²) in [6.07, 6.45) is 5.76. The molecule has 2 aliphatic rings. The summed E-state index contributed by atoms with van der Waals surface area (Å²) in [5, 5.41) is 6.85. The smallest absolute Gasteiger partial charge is 0.247 e. The van der Waals surface area contributed by atoms with E-state index in [-0.39, 0.29) is 18.2 Å². The highest BCUT2D eigenvalue weighted by atomic mass is 16.5. The van der Waals surface area contributed by atoms with E-state index in [0.29, 0.717) is 36.4 Å². The molecule has 10 nitrogen and oxygen atoms in total. The molecule has 2 bridgehead atoms. The Morgan fingerprint density at radius 2 is 1.83 bits per heavy atom. The largest absolute Gasteiger partial charge is 0.496 e. The Morgan fingerprint density at radius 1 is 1.04 bits per heavy atom. The zero-order valence-corrected chi connectivity index (χ0v) is 26.2. The van der Waals surface area contributed by atoms with Gasteiger partial charge in [0.25, 0.3) is 0 Å². The summed E-state index contributed by atoms with van der Waals surface area (Å²) in [7, 11) is 5.32. The molecule has 0 radical (unpaired) electrons. The van der Waals surface area contributed by atoms with Crippen molar-refractivity contribution in [3.8, 4) is 11.5 Å². The van der Waals surface area contributed by atoms with Crippen LogP contribution in [0.2, 0.25) is 0 Å². The second-order valence-electron chi connectivity index (χ2n) is 12.0. The third kappa shape index (κ3) is 6.48. The third-order valence-electron chi connectivity index (χ3n) is 8.78. The van der Waals surface area contributed by atoms with Crippen LogP contribution < -0.4 is 20.1 Å². The molecule has 0 aliphatic carbocycles. The van der Waals surface area contributed by atoms with Gasteiger partial charge in [0.2, 0.25) is 17.7 Å². The number of carbonyl (C=O) groups excluding carboxylic acids is 3. The van der Waals surface area contributed by atoms with Crippen LogP contribution in [-0.2, 0) is 27.2 Å². The van der Waals surface area contributed by atoms with E-state index in [4.69, 9.17) is 9.47 Å². The molecule has 0 spiro atoms. The van der Waals surface area contributed by atoms with E-state index in [1.54, 1.807) is 36.3 Å². The average Bonchev–Trinajstić information content (AvgIpc) is 3.67. The number of hydrogen-bond acceptors (Lipinski definition) is 6. The van der Waals surface area contributed by atoms with Gasteiger partial charge in [-0.3, -0.25) is 19.3 Å². The number of rotatable bonds is 7. The van der Waals surface area contributed by atoms with Crippen LogP contribution in [0.3, 0.4) is 0 Å². The molecular formula is C36H39N5O5. The van der Waals surface area contributed by atoms with Crippen molar-refractivity contribution in [2.45, 2.75) is 43.5 Å². The maximum atomic E-state index is 14.4. The lowest BCUT2D eigenvalue weighted by Crippen LogP contribution is -2.58. The van der Waals surface area contributed by atoms with Crippen molar-refractivity contribution in [3.63, 3.8) is 0 Å². The molecule has 238 valence electrons. The molecule has 3 heterocycles. The van der Waals surface area contributed by atoms with Gasteiger partial charge in [0.1, 0.15) is 29.7 Å². The SMILES string of the molecule is COc1ccc2cc1/C=C\NC(=O)[C@@H](Cc1ccccc1)NC(=O)[C@@H]1[C@@H](CCN1C(=O)[C@@H](Cc1c[nH]c3ccccc13)N(C)C)O2. The van der Waals surface area contributed by atoms with Gasteiger partial charge < -0.3 is 30.0 Å². The van der Waals surface area contributed by atoms with Crippen LogP contribution in [0.15, 0.2) is 85.2 Å². The molecular weight excluding hydrogens is 582 g/mol. The van der Waals surface area contributed by atoms with E-state index < -0.39 is 30.1 Å². The number of ether oxygens (including phenoxy) is 2. The summed E-state index contributed by atoms with van der Waals surface area (Å²) in [5.74, 6) is 0.155. The van der Waals surface area contributed by atoms with Crippen LogP contribution in [-0.4, -0.2) is 84.5 Å². The van der Waals surface area contributed by atoms with Crippen molar-refractivity contribution in [1.29, 1.82) is 0 Å². The number of hydrogen-bond donors (Lipinski definition) is 3. The second-order valence-corrected chi connectivity index (χ2v) is 12.0. The van der Waals surface area contributed by atoms with Crippen LogP contribution in [0.5, 0.6) is 11.5 Å². The molecule has 4 atom stereocenters. The van der Waals surface area contributed by atoms with Crippen molar-refractivity contribution >= 4 is 34.7 Å². The van der Waals surface area contributed by atoms with Gasteiger partial charge in [-0.05, 0) is 62.0 Å². The summed E-state index contributed by atoms with van der Waals surface area (Å²) < 4.78 is 12.0. The molecule has 1 saturated heterocycles. The van der Waals surface area contributed by atoms with E-state index in [9.17, 15) is 14.4 Å². The third-order valence-corrected chi connectivity index (χ3v) is 8.78. The molecule has 10 heteroatoms. The Hall–Kier alpha value is -5.09. The van der Waals surface area contributed by atoms with Gasteiger partial charge in [-0.1, -0.05) is 48.5 Å². The number of para-hydroxylation sites is 1. The van der Waals surface area contributed by atoms with E-state index in [0.717, 1.165) is 22.0 Å². The molecule has 3 amide bonds. The van der Waals surface area contributed by atoms with E-state index in [2.05, 4.69) is 15.6 Å². The number of carbonyl (C=O) groups is 3. The Bertz CT molecular complexity index is 1750. The van der Waals surface area contributed by atoms with Gasteiger partial charge in [-0.15, -0.1) is 0 Å². The Balaban J connectivity index is 1.34. The van der Waals surface area contributed by atoms with Crippen LogP contribution in [0, 0.1) is 0 Å². The monoisotopic (exact) mass is 621 g/mol. The van der Waals surface area contributed by atoms with E-state index >= 15 is 0 Å². The van der Waals surface area contributed by atoms with Crippen molar-refractivity contribution < 1.29 is 23.9 Å². The number of nitrogens with one attached hydrogen (secondary N) is 3. The number of likely N-dealkylation sites (N-methyl/N-ethyl adjacent to an activating group) is 1. The molecule has 6 rings (SSSR count). The molecule has 3 N–H and O–H groups in total. The van der Waals surface area contributed by atoms with Gasteiger partial charge in [-0.25, -0.2) is 0 Å². The first-order valence-electron chi connectivity index (χ1n) is 15.5. The minimum absolute atomic E-state index is 0.174. The van der Waals surface area contributed by atoms with Crippen molar-refractivity contribution in [2.24, 2.45) is 0 Å². The number of H-pyrrole nitrogens is 1. The highest BCUT2D eigenvalue weighted by molar-refractivity contribution is 5.95. The second kappa shape index (κ2) is 13.5. The quantitative estimate of drug-likeness (QED) is 0.291. The van der Waals surface area contributed by atoms with Crippen molar-refractivity contribution in [3.05, 3.63) is 102 Å². The number of aromatic amines is 1. The Labute approximate surface area is 268 Å². The number of nitrogens with zero attached hydrogens (tertiary/aromatic N) is 2. The normalized spacial score (nSPS) is 21.2. The minimum Gasteiger partial charge on any atom is -0.496 e. The van der Waals surface area contributed by atoms with Gasteiger partial charge in [0.05, 0.1) is 13.2 Å². The van der Waals surface area contributed by atoms with Gasteiger partial charge in [0.15, 0.2) is 0 Å². The summed E-state index contributed by atoms with van der Waals surface area (Å²) in [5.41, 5.74) is 3.62. The molecule has 1 aromatic heterocycles. The molecule has 4 aromatic rings. The standard InChI is InChI=1S/C36H39N5O5/c1-40(2)30(21-25-22-38-28-12-8-7-11-27(25)28)36(44)41-18-16-32-33(41)35(43)39-29(19-23-9-5-4-6-10-23)34(42)37-17-15-24-20-26(46-32)13-14-31(24)45-3/h4-15,17,20,22,29-30,32-33,38H,16,18-19,21H2,1-3H3,(H,37,42)(H,39,43)/b17-15-/t29-,30-,32-,33+/m1/s1. The van der Waals surface area contributed by atoms with Gasteiger partial charge >= 0.3 is 0 Å². The summed E-state index contributed by atoms with van der Waals surface area (Å²) in [4.78, 5) is 49.0. The fourth-order valence-electron chi connectivity index (χ4n) is 6.36. The Kier molecular flexibility index (Phi) is 9.07. The maximum absolute atomic E-state index is 14.4. The highest BCUT2D eigenvalue weighted by Crippen LogP contribution is 2.31. The molecule has 46 heavy (non-hydrogen) atoms. The van der Waals surface area contributed by atoms with Gasteiger partial charge in [-0.2, -0.15) is 0 Å². The number of benzene rings is 3. The lowest BCUT2D eigenvalue weighted by atomic mass is 10.0. The molecule has 2 aliphatic heterocycles. The number of fused-ring (bicyclic) bond motifs is 4. The molecule has 0 unspecified atom stereocenters. The summed E-state index contributed by atoms with van der Waals surface area (Å²) in [6, 6.07) is 20.5. The lowest BCUT2D eigenvalue weighted by molar-refractivity contribution is -0.144. The maximum Gasteiger partial charge on any atom is 0.247 e. The molecule has 1 fully saturated rings. The van der Waals surface area contributed by atoms with Crippen LogP contribution in [0.25, 0.3) is 17.0 Å². The summed E-state index contributed by atoms with van der Waals surface area (Å²) in [6.45, 7) is 0.332. The van der Waals surface area contributed by atoms with Crippen molar-refractivity contribution in [2.75, 3.05) is 27.7 Å². The summed E-state index contributed by atoms with van der Waals surface area (Å²) >= 11 is 0. The zero-order chi connectivity index (χ0) is 32.2. The first-order chi connectivity index (χ1) is 22.3. The number of methoxy groups -OCH3 is 1. The Morgan fingerprint density at radius 3 is 2.61 bits per heavy atom. The molecule has 3 aromatic carbocycles.